The van der Waals surface area contributed by atoms with Crippen LogP contribution in [0.25, 0.3) is 0 Å². The molecule has 0 heterocycles. The fourth-order valence-electron chi connectivity index (χ4n) is 1.33. The van der Waals surface area contributed by atoms with Crippen molar-refractivity contribution in [3.63, 3.8) is 0 Å². The van der Waals surface area contributed by atoms with Crippen LogP contribution in [0.5, 0.6) is 0 Å². The average Bonchev–Trinajstić information content (AvgIpc) is 2.16. The van der Waals surface area contributed by atoms with Gasteiger partial charge in [-0.3, -0.25) is 9.59 Å². The van der Waals surface area contributed by atoms with Crippen molar-refractivity contribution < 1.29 is 9.59 Å². The molecular weight excluding hydrogens is 206 g/mol. The Morgan fingerprint density at radius 1 is 1.25 bits per heavy atom. The lowest BCUT2D eigenvalue weighted by Gasteiger charge is -2.13. The zero-order valence-electron chi connectivity index (χ0n) is 10.4. The highest BCUT2D eigenvalue weighted by molar-refractivity contribution is 5.82. The van der Waals surface area contributed by atoms with Gasteiger partial charge in [0.25, 0.3) is 0 Å². The Labute approximate surface area is 97.2 Å². The predicted molar refractivity (Wildman–Crippen MR) is 63.7 cm³/mol. The van der Waals surface area contributed by atoms with Gasteiger partial charge >= 0.3 is 0 Å². The summed E-state index contributed by atoms with van der Waals surface area (Å²) in [6, 6.07) is -0.478. The number of carbonyl (C=O) groups is 2. The molecule has 4 N–H and O–H groups in total. The molecular formula is C11H23N3O2. The minimum Gasteiger partial charge on any atom is -0.356 e. The number of hydrogen-bond acceptors (Lipinski definition) is 3. The van der Waals surface area contributed by atoms with Gasteiger partial charge in [-0.25, -0.2) is 0 Å². The van der Waals surface area contributed by atoms with Crippen LogP contribution in [-0.2, 0) is 9.59 Å². The van der Waals surface area contributed by atoms with Crippen LogP contribution in [0.2, 0.25) is 0 Å². The van der Waals surface area contributed by atoms with E-state index >= 15 is 0 Å². The van der Waals surface area contributed by atoms with Crippen molar-refractivity contribution in [1.29, 1.82) is 0 Å². The molecule has 0 aromatic rings. The zero-order chi connectivity index (χ0) is 12.6. The maximum atomic E-state index is 11.5. The van der Waals surface area contributed by atoms with E-state index in [4.69, 9.17) is 5.73 Å². The molecule has 0 saturated carbocycles. The summed E-state index contributed by atoms with van der Waals surface area (Å²) in [6.07, 6.45) is 0.959. The Bertz CT molecular complexity index is 229. The predicted octanol–water partition coefficient (Wildman–Crippen LogP) is 0.00220. The molecule has 2 amide bonds. The van der Waals surface area contributed by atoms with Gasteiger partial charge in [-0.1, -0.05) is 13.8 Å². The molecule has 0 aliphatic heterocycles. The fraction of sp³-hybridized carbons (Fsp3) is 0.818. The van der Waals surface area contributed by atoms with Gasteiger partial charge in [0.05, 0.1) is 6.04 Å². The van der Waals surface area contributed by atoms with Gasteiger partial charge in [0.15, 0.2) is 0 Å². The van der Waals surface area contributed by atoms with E-state index in [1.807, 2.05) is 20.8 Å². The summed E-state index contributed by atoms with van der Waals surface area (Å²) < 4.78 is 0. The topological polar surface area (TPSA) is 84.2 Å². The molecule has 0 aromatic carbocycles. The summed E-state index contributed by atoms with van der Waals surface area (Å²) in [6.45, 7) is 6.84. The van der Waals surface area contributed by atoms with Crippen LogP contribution in [0.4, 0.5) is 0 Å². The molecule has 94 valence electrons. The maximum absolute atomic E-state index is 11.5. The van der Waals surface area contributed by atoms with Gasteiger partial charge in [-0.15, -0.1) is 0 Å². The lowest BCUT2D eigenvalue weighted by atomic mass is 10.0. The molecule has 5 heteroatoms. The third-order valence-electron chi connectivity index (χ3n) is 2.09. The normalized spacial score (nSPS) is 12.3. The Kier molecular flexibility index (Phi) is 7.54. The minimum absolute atomic E-state index is 0.0553. The highest BCUT2D eigenvalue weighted by atomic mass is 16.2. The molecule has 5 nitrogen and oxygen atoms in total. The molecule has 0 aliphatic carbocycles. The number of carbonyl (C=O) groups excluding carboxylic acids is 2. The minimum atomic E-state index is -0.478. The Morgan fingerprint density at radius 2 is 1.88 bits per heavy atom. The third kappa shape index (κ3) is 7.23. The van der Waals surface area contributed by atoms with Crippen molar-refractivity contribution in [3.8, 4) is 0 Å². The maximum Gasteiger partial charge on any atom is 0.236 e. The van der Waals surface area contributed by atoms with E-state index in [0.717, 1.165) is 0 Å². The molecule has 0 radical (unpaired) electrons. The number of amides is 2. The molecule has 0 unspecified atom stereocenters. The van der Waals surface area contributed by atoms with Gasteiger partial charge in [0, 0.05) is 19.5 Å². The van der Waals surface area contributed by atoms with Crippen LogP contribution in [0.1, 0.15) is 33.6 Å². The average molecular weight is 229 g/mol. The highest BCUT2D eigenvalue weighted by Gasteiger charge is 2.14. The fourth-order valence-corrected chi connectivity index (χ4v) is 1.33. The second kappa shape index (κ2) is 8.10. The van der Waals surface area contributed by atoms with Crippen molar-refractivity contribution in [1.82, 2.24) is 10.6 Å². The van der Waals surface area contributed by atoms with Crippen LogP contribution in [0.15, 0.2) is 0 Å². The molecule has 0 spiro atoms. The first-order chi connectivity index (χ1) is 7.47. The standard InChI is InChI=1S/C11H23N3O2/c1-4-13-10(15)5-6-14-11(16)9(12)7-8(2)3/h8-9H,4-7,12H2,1-3H3,(H,13,15)(H,14,16)/t9-/m1/s1. The first kappa shape index (κ1) is 14.9. The first-order valence-electron chi connectivity index (χ1n) is 5.77. The number of nitrogens with two attached hydrogens (primary N) is 1. The van der Waals surface area contributed by atoms with E-state index < -0.39 is 6.04 Å². The third-order valence-corrected chi connectivity index (χ3v) is 2.09. The molecule has 0 rings (SSSR count). The van der Waals surface area contributed by atoms with E-state index in [9.17, 15) is 9.59 Å². The van der Waals surface area contributed by atoms with Gasteiger partial charge in [-0.05, 0) is 19.3 Å². The molecule has 0 aliphatic rings. The van der Waals surface area contributed by atoms with Crippen LogP contribution in [0.3, 0.4) is 0 Å². The van der Waals surface area contributed by atoms with Crippen molar-refractivity contribution in [2.75, 3.05) is 13.1 Å². The van der Waals surface area contributed by atoms with Crippen molar-refractivity contribution in [2.24, 2.45) is 11.7 Å². The number of hydrogen-bond donors (Lipinski definition) is 3. The monoisotopic (exact) mass is 229 g/mol. The SMILES string of the molecule is CCNC(=O)CCNC(=O)[C@H](N)CC(C)C. The largest absolute Gasteiger partial charge is 0.356 e. The second-order valence-electron chi connectivity index (χ2n) is 4.23. The van der Waals surface area contributed by atoms with Crippen molar-refractivity contribution >= 4 is 11.8 Å². The van der Waals surface area contributed by atoms with Crippen LogP contribution in [0, 0.1) is 5.92 Å². The van der Waals surface area contributed by atoms with Crippen LogP contribution < -0.4 is 16.4 Å². The van der Waals surface area contributed by atoms with E-state index in [0.29, 0.717) is 31.8 Å². The molecule has 0 aromatic heterocycles. The van der Waals surface area contributed by atoms with Crippen molar-refractivity contribution in [2.45, 2.75) is 39.7 Å². The molecule has 0 fully saturated rings. The van der Waals surface area contributed by atoms with Gasteiger partial charge < -0.3 is 16.4 Å². The molecule has 0 saturated heterocycles. The first-order valence-corrected chi connectivity index (χ1v) is 5.77. The second-order valence-corrected chi connectivity index (χ2v) is 4.23. The Balaban J connectivity index is 3.68. The van der Waals surface area contributed by atoms with Crippen LogP contribution in [-0.4, -0.2) is 30.9 Å². The van der Waals surface area contributed by atoms with Gasteiger partial charge in [0.2, 0.25) is 11.8 Å². The van der Waals surface area contributed by atoms with Gasteiger partial charge in [-0.2, -0.15) is 0 Å². The molecule has 0 bridgehead atoms. The van der Waals surface area contributed by atoms with Gasteiger partial charge in [0.1, 0.15) is 0 Å². The lowest BCUT2D eigenvalue weighted by molar-refractivity contribution is -0.123. The Morgan fingerprint density at radius 3 is 2.38 bits per heavy atom. The van der Waals surface area contributed by atoms with E-state index in [-0.39, 0.29) is 11.8 Å². The molecule has 1 atom stereocenters. The summed E-state index contributed by atoms with van der Waals surface area (Å²) in [5, 5.41) is 5.31. The lowest BCUT2D eigenvalue weighted by Crippen LogP contribution is -2.42. The number of rotatable bonds is 7. The summed E-state index contributed by atoms with van der Waals surface area (Å²) in [4.78, 5) is 22.5. The van der Waals surface area contributed by atoms with Crippen LogP contribution >= 0.6 is 0 Å². The smallest absolute Gasteiger partial charge is 0.236 e. The van der Waals surface area contributed by atoms with E-state index in [1.54, 1.807) is 0 Å². The number of nitrogens with one attached hydrogen (secondary N) is 2. The highest BCUT2D eigenvalue weighted by Crippen LogP contribution is 2.02. The molecule has 16 heavy (non-hydrogen) atoms. The van der Waals surface area contributed by atoms with E-state index in [2.05, 4.69) is 10.6 Å². The summed E-state index contributed by atoms with van der Waals surface area (Å²) in [7, 11) is 0. The van der Waals surface area contributed by atoms with Crippen molar-refractivity contribution in [3.05, 3.63) is 0 Å². The quantitative estimate of drug-likeness (QED) is 0.574. The summed E-state index contributed by atoms with van der Waals surface area (Å²) in [5.41, 5.74) is 5.68. The summed E-state index contributed by atoms with van der Waals surface area (Å²) in [5.74, 6) is 0.155. The van der Waals surface area contributed by atoms with E-state index in [1.165, 1.54) is 0 Å². The Hall–Kier alpha value is -1.10. The summed E-state index contributed by atoms with van der Waals surface area (Å²) >= 11 is 0. The zero-order valence-corrected chi connectivity index (χ0v) is 10.4.